The second-order valence-electron chi connectivity index (χ2n) is 6.29. The van der Waals surface area contributed by atoms with Gasteiger partial charge in [0.25, 0.3) is 5.56 Å². The van der Waals surface area contributed by atoms with Crippen LogP contribution in [0, 0.1) is 6.92 Å². The van der Waals surface area contributed by atoms with Crippen LogP contribution in [0.15, 0.2) is 39.0 Å². The largest absolute Gasteiger partial charge is 0.332 e. The number of hydrogen-bond donors (Lipinski definition) is 1. The van der Waals surface area contributed by atoms with Gasteiger partial charge in [-0.25, -0.2) is 9.78 Å². The van der Waals surface area contributed by atoms with Crippen molar-refractivity contribution in [3.05, 3.63) is 50.7 Å². The molecule has 3 aromatic rings. The predicted molar refractivity (Wildman–Crippen MR) is 106 cm³/mol. The van der Waals surface area contributed by atoms with Crippen LogP contribution < -0.4 is 16.6 Å². The number of benzene rings is 1. The molecule has 2 heterocycles. The molecule has 0 saturated heterocycles. The first-order valence-electron chi connectivity index (χ1n) is 8.42. The summed E-state index contributed by atoms with van der Waals surface area (Å²) in [4.78, 5) is 40.9. The molecule has 1 N–H and O–H groups in total. The molecule has 0 aliphatic rings. The zero-order valence-corrected chi connectivity index (χ0v) is 16.5. The van der Waals surface area contributed by atoms with Crippen LogP contribution >= 0.6 is 11.8 Å². The molecule has 9 heteroatoms. The molecule has 3 rings (SSSR count). The molecular formula is C18H21N5O3S. The third-order valence-electron chi connectivity index (χ3n) is 4.40. The zero-order valence-electron chi connectivity index (χ0n) is 15.6. The van der Waals surface area contributed by atoms with Crippen molar-refractivity contribution in [3.63, 3.8) is 0 Å². The van der Waals surface area contributed by atoms with Gasteiger partial charge in [-0.15, -0.1) is 0 Å². The molecule has 8 nitrogen and oxygen atoms in total. The van der Waals surface area contributed by atoms with Crippen molar-refractivity contribution < 1.29 is 4.79 Å². The molecule has 0 unspecified atom stereocenters. The Hall–Kier alpha value is -2.81. The van der Waals surface area contributed by atoms with Crippen LogP contribution in [0.4, 0.5) is 5.69 Å². The van der Waals surface area contributed by atoms with Crippen molar-refractivity contribution in [2.45, 2.75) is 18.5 Å². The van der Waals surface area contributed by atoms with E-state index in [4.69, 9.17) is 0 Å². The lowest BCUT2D eigenvalue weighted by atomic mass is 10.2. The van der Waals surface area contributed by atoms with Crippen LogP contribution in [0.1, 0.15) is 12.0 Å². The van der Waals surface area contributed by atoms with Gasteiger partial charge in [0.2, 0.25) is 5.91 Å². The number of imidazole rings is 1. The summed E-state index contributed by atoms with van der Waals surface area (Å²) in [5.74, 6) is 0.419. The number of carbonyl (C=O) groups excluding carboxylic acids is 1. The fraction of sp³-hybridized carbons (Fsp3) is 0.333. The lowest BCUT2D eigenvalue weighted by molar-refractivity contribution is -0.115. The summed E-state index contributed by atoms with van der Waals surface area (Å²) in [5.41, 5.74) is 1.70. The maximum absolute atomic E-state index is 12.3. The van der Waals surface area contributed by atoms with E-state index in [9.17, 15) is 14.4 Å². The average molecular weight is 387 g/mol. The van der Waals surface area contributed by atoms with Crippen LogP contribution in [-0.4, -0.2) is 30.3 Å². The van der Waals surface area contributed by atoms with Gasteiger partial charge in [-0.2, -0.15) is 0 Å². The Balaban J connectivity index is 1.74. The highest BCUT2D eigenvalue weighted by Gasteiger charge is 2.17. The summed E-state index contributed by atoms with van der Waals surface area (Å²) in [7, 11) is 4.79. The van der Waals surface area contributed by atoms with Gasteiger partial charge in [-0.3, -0.25) is 18.7 Å². The molecular weight excluding hydrogens is 366 g/mol. The Kier molecular flexibility index (Phi) is 5.22. The number of carbonyl (C=O) groups is 1. The first kappa shape index (κ1) is 19.0. The normalized spacial score (nSPS) is 11.1. The number of nitrogens with one attached hydrogen (secondary N) is 1. The number of para-hydroxylation sites is 1. The molecule has 1 aromatic carbocycles. The van der Waals surface area contributed by atoms with E-state index in [2.05, 4.69) is 10.3 Å². The fourth-order valence-electron chi connectivity index (χ4n) is 2.85. The third kappa shape index (κ3) is 3.55. The molecule has 1 amide bonds. The lowest BCUT2D eigenvalue weighted by Gasteiger charge is -2.08. The number of anilines is 1. The van der Waals surface area contributed by atoms with Crippen LogP contribution in [0.2, 0.25) is 0 Å². The molecule has 0 fully saturated rings. The molecule has 2 aromatic heterocycles. The van der Waals surface area contributed by atoms with Crippen molar-refractivity contribution >= 4 is 34.5 Å². The predicted octanol–water partition coefficient (Wildman–Crippen LogP) is 1.40. The minimum absolute atomic E-state index is 0.0844. The average Bonchev–Trinajstić information content (AvgIpc) is 2.97. The summed E-state index contributed by atoms with van der Waals surface area (Å²) < 4.78 is 4.15. The van der Waals surface area contributed by atoms with Gasteiger partial charge in [0.1, 0.15) is 0 Å². The fourth-order valence-corrected chi connectivity index (χ4v) is 3.75. The lowest BCUT2D eigenvalue weighted by Crippen LogP contribution is -2.37. The first-order valence-corrected chi connectivity index (χ1v) is 9.40. The molecule has 0 spiro atoms. The summed E-state index contributed by atoms with van der Waals surface area (Å²) in [6.07, 6.45) is 0.305. The van der Waals surface area contributed by atoms with Crippen molar-refractivity contribution in [1.82, 2.24) is 18.7 Å². The number of fused-ring (bicyclic) bond motifs is 1. The number of rotatable bonds is 5. The van der Waals surface area contributed by atoms with Crippen molar-refractivity contribution in [3.8, 4) is 0 Å². The number of thioether (sulfide) groups is 1. The van der Waals surface area contributed by atoms with Crippen LogP contribution in [0.25, 0.3) is 11.2 Å². The van der Waals surface area contributed by atoms with E-state index in [0.717, 1.165) is 15.8 Å². The highest BCUT2D eigenvalue weighted by atomic mass is 32.2. The highest BCUT2D eigenvalue weighted by Crippen LogP contribution is 2.21. The number of aryl methyl sites for hydroxylation is 3. The van der Waals surface area contributed by atoms with Gasteiger partial charge in [0.05, 0.1) is 0 Å². The van der Waals surface area contributed by atoms with Gasteiger partial charge in [0.15, 0.2) is 16.3 Å². The second kappa shape index (κ2) is 7.43. The molecule has 142 valence electrons. The van der Waals surface area contributed by atoms with E-state index in [0.29, 0.717) is 23.0 Å². The minimum Gasteiger partial charge on any atom is -0.326 e. The van der Waals surface area contributed by atoms with Gasteiger partial charge in [-0.05, 0) is 18.6 Å². The van der Waals surface area contributed by atoms with Crippen LogP contribution in [0.5, 0.6) is 0 Å². The maximum Gasteiger partial charge on any atom is 0.332 e. The number of amides is 1. The van der Waals surface area contributed by atoms with Gasteiger partial charge in [-0.1, -0.05) is 30.0 Å². The highest BCUT2D eigenvalue weighted by molar-refractivity contribution is 7.99. The zero-order chi connectivity index (χ0) is 19.7. The summed E-state index contributed by atoms with van der Waals surface area (Å²) >= 11 is 1.37. The number of hydrogen-bond acceptors (Lipinski definition) is 5. The number of aromatic nitrogens is 4. The maximum atomic E-state index is 12.3. The Morgan fingerprint density at radius 2 is 1.81 bits per heavy atom. The van der Waals surface area contributed by atoms with E-state index >= 15 is 0 Å². The van der Waals surface area contributed by atoms with Crippen LogP contribution in [-0.2, 0) is 25.9 Å². The molecule has 0 saturated carbocycles. The Morgan fingerprint density at radius 1 is 1.11 bits per heavy atom. The van der Waals surface area contributed by atoms with E-state index in [1.54, 1.807) is 18.7 Å². The van der Waals surface area contributed by atoms with Gasteiger partial charge < -0.3 is 9.88 Å². The van der Waals surface area contributed by atoms with Crippen molar-refractivity contribution in [2.75, 3.05) is 11.1 Å². The smallest absolute Gasteiger partial charge is 0.326 e. The topological polar surface area (TPSA) is 90.9 Å². The second-order valence-corrected chi connectivity index (χ2v) is 7.36. The molecule has 27 heavy (non-hydrogen) atoms. The Labute approximate surface area is 159 Å². The van der Waals surface area contributed by atoms with Gasteiger partial charge in [0, 0.05) is 39.0 Å². The Bertz CT molecular complexity index is 1140. The molecule has 0 bridgehead atoms. The first-order chi connectivity index (χ1) is 12.8. The molecule has 0 aliphatic heterocycles. The van der Waals surface area contributed by atoms with E-state index < -0.39 is 11.2 Å². The van der Waals surface area contributed by atoms with Crippen molar-refractivity contribution in [2.24, 2.45) is 21.1 Å². The summed E-state index contributed by atoms with van der Waals surface area (Å²) in [5, 5.41) is 3.48. The number of nitrogens with zero attached hydrogens (tertiary/aromatic N) is 4. The van der Waals surface area contributed by atoms with E-state index in [1.807, 2.05) is 31.2 Å². The SMILES string of the molecule is Cc1ccccc1NC(=O)CCSc1nc2c(=O)n(C)c(=O)n(C)c2n1C. The third-order valence-corrected chi connectivity index (χ3v) is 5.43. The molecule has 0 aliphatic carbocycles. The van der Waals surface area contributed by atoms with Gasteiger partial charge >= 0.3 is 5.69 Å². The van der Waals surface area contributed by atoms with E-state index in [-0.39, 0.29) is 11.4 Å². The summed E-state index contributed by atoms with van der Waals surface area (Å²) in [6.45, 7) is 1.94. The monoisotopic (exact) mass is 387 g/mol. The summed E-state index contributed by atoms with van der Waals surface area (Å²) in [6, 6.07) is 7.60. The van der Waals surface area contributed by atoms with E-state index in [1.165, 1.54) is 23.4 Å². The van der Waals surface area contributed by atoms with Crippen molar-refractivity contribution in [1.29, 1.82) is 0 Å². The van der Waals surface area contributed by atoms with Crippen LogP contribution in [0.3, 0.4) is 0 Å². The standard InChI is InChI=1S/C18H21N5O3S/c1-11-7-5-6-8-12(11)19-13(24)9-10-27-17-20-14-15(21(17)2)22(3)18(26)23(4)16(14)25/h5-8H,9-10H2,1-4H3,(H,19,24). The molecule has 0 atom stereocenters. The molecule has 0 radical (unpaired) electrons. The minimum atomic E-state index is -0.423. The Morgan fingerprint density at radius 3 is 2.52 bits per heavy atom. The quantitative estimate of drug-likeness (QED) is 0.668.